The van der Waals surface area contributed by atoms with Crippen molar-refractivity contribution in [1.29, 1.82) is 0 Å². The predicted octanol–water partition coefficient (Wildman–Crippen LogP) is 4.17. The molecule has 0 aliphatic rings. The highest BCUT2D eigenvalue weighted by Gasteiger charge is 2.06. The first-order valence-electron chi connectivity index (χ1n) is 7.23. The number of benzene rings is 2. The zero-order valence-electron chi connectivity index (χ0n) is 12.8. The van der Waals surface area contributed by atoms with Crippen LogP contribution in [0.1, 0.15) is 30.9 Å². The number of amides is 1. The second-order valence-corrected chi connectivity index (χ2v) is 5.40. The summed E-state index contributed by atoms with van der Waals surface area (Å²) in [4.78, 5) is 11.1. The van der Waals surface area contributed by atoms with Crippen molar-refractivity contribution in [1.82, 2.24) is 0 Å². The molecule has 3 heteroatoms. The van der Waals surface area contributed by atoms with Gasteiger partial charge in [0.2, 0.25) is 5.91 Å². The van der Waals surface area contributed by atoms with Gasteiger partial charge in [-0.25, -0.2) is 0 Å². The van der Waals surface area contributed by atoms with E-state index in [1.807, 2.05) is 24.3 Å². The first-order chi connectivity index (χ1) is 10.1. The number of aryl methyl sites for hydroxylation is 1. The van der Waals surface area contributed by atoms with Gasteiger partial charge in [0.15, 0.2) is 0 Å². The summed E-state index contributed by atoms with van der Waals surface area (Å²) in [6.45, 7) is 6.64. The highest BCUT2D eigenvalue weighted by Crippen LogP contribution is 2.22. The Kier molecular flexibility index (Phi) is 4.99. The van der Waals surface area contributed by atoms with Gasteiger partial charge in [0.05, 0.1) is 0 Å². The number of rotatable bonds is 5. The van der Waals surface area contributed by atoms with Gasteiger partial charge in [-0.15, -0.1) is 0 Å². The minimum Gasteiger partial charge on any atom is -0.384 e. The average molecular weight is 282 g/mol. The Morgan fingerprint density at radius 1 is 1.14 bits per heavy atom. The molecule has 21 heavy (non-hydrogen) atoms. The van der Waals surface area contributed by atoms with Crippen LogP contribution in [-0.2, 0) is 4.79 Å². The number of hydrogen-bond donors (Lipinski definition) is 2. The van der Waals surface area contributed by atoms with Gasteiger partial charge in [-0.1, -0.05) is 43.3 Å². The number of anilines is 2. The Morgan fingerprint density at radius 3 is 2.52 bits per heavy atom. The number of carbonyl (C=O) groups excluding carboxylic acids is 1. The van der Waals surface area contributed by atoms with Gasteiger partial charge in [0, 0.05) is 24.8 Å². The van der Waals surface area contributed by atoms with E-state index in [0.29, 0.717) is 5.92 Å². The maximum atomic E-state index is 11.1. The van der Waals surface area contributed by atoms with Crippen molar-refractivity contribution in [3.8, 4) is 0 Å². The Labute approximate surface area is 126 Å². The largest absolute Gasteiger partial charge is 0.384 e. The molecular formula is C18H22N2O. The monoisotopic (exact) mass is 282 g/mol. The standard InChI is InChI=1S/C18H22N2O/c1-13-9-10-17(20-15(3)21)11-18(13)19-12-14(2)16-7-5-4-6-8-16/h4-11,14,19H,12H2,1-3H3,(H,20,21). The maximum absolute atomic E-state index is 11.1. The van der Waals surface area contributed by atoms with E-state index in [1.54, 1.807) is 0 Å². The van der Waals surface area contributed by atoms with E-state index in [4.69, 9.17) is 0 Å². The molecule has 2 N–H and O–H groups in total. The van der Waals surface area contributed by atoms with Crippen LogP contribution in [0.5, 0.6) is 0 Å². The van der Waals surface area contributed by atoms with E-state index in [-0.39, 0.29) is 5.91 Å². The summed E-state index contributed by atoms with van der Waals surface area (Å²) in [5.74, 6) is 0.373. The zero-order chi connectivity index (χ0) is 15.2. The lowest BCUT2D eigenvalue weighted by atomic mass is 10.0. The Bertz CT molecular complexity index is 608. The molecule has 2 aromatic rings. The van der Waals surface area contributed by atoms with Gasteiger partial charge in [-0.3, -0.25) is 4.79 Å². The minimum atomic E-state index is -0.0533. The van der Waals surface area contributed by atoms with Crippen LogP contribution in [-0.4, -0.2) is 12.5 Å². The molecule has 0 heterocycles. The van der Waals surface area contributed by atoms with Crippen LogP contribution >= 0.6 is 0 Å². The van der Waals surface area contributed by atoms with Gasteiger partial charge < -0.3 is 10.6 Å². The Hall–Kier alpha value is -2.29. The summed E-state index contributed by atoms with van der Waals surface area (Å²) < 4.78 is 0. The van der Waals surface area contributed by atoms with E-state index in [9.17, 15) is 4.79 Å². The molecule has 1 amide bonds. The summed E-state index contributed by atoms with van der Waals surface area (Å²) in [5.41, 5.74) is 4.37. The van der Waals surface area contributed by atoms with Crippen LogP contribution in [0.4, 0.5) is 11.4 Å². The van der Waals surface area contributed by atoms with Crippen molar-refractivity contribution in [2.24, 2.45) is 0 Å². The normalized spacial score (nSPS) is 11.8. The topological polar surface area (TPSA) is 41.1 Å². The minimum absolute atomic E-state index is 0.0533. The van der Waals surface area contributed by atoms with Crippen molar-refractivity contribution in [3.05, 3.63) is 59.7 Å². The molecule has 0 aromatic heterocycles. The fraction of sp³-hybridized carbons (Fsp3) is 0.278. The highest BCUT2D eigenvalue weighted by molar-refractivity contribution is 5.89. The predicted molar refractivity (Wildman–Crippen MR) is 88.8 cm³/mol. The fourth-order valence-electron chi connectivity index (χ4n) is 2.26. The van der Waals surface area contributed by atoms with Crippen molar-refractivity contribution < 1.29 is 4.79 Å². The van der Waals surface area contributed by atoms with Crippen LogP contribution in [0.3, 0.4) is 0 Å². The molecule has 1 atom stereocenters. The molecule has 0 aliphatic carbocycles. The zero-order valence-corrected chi connectivity index (χ0v) is 12.8. The lowest BCUT2D eigenvalue weighted by Crippen LogP contribution is -2.11. The molecule has 0 spiro atoms. The fourth-order valence-corrected chi connectivity index (χ4v) is 2.26. The number of carbonyl (C=O) groups is 1. The summed E-state index contributed by atoms with van der Waals surface area (Å²) in [5, 5.41) is 6.29. The van der Waals surface area contributed by atoms with Crippen molar-refractivity contribution >= 4 is 17.3 Å². The molecular weight excluding hydrogens is 260 g/mol. The molecule has 0 saturated heterocycles. The third-order valence-corrected chi connectivity index (χ3v) is 3.53. The van der Waals surface area contributed by atoms with E-state index < -0.39 is 0 Å². The van der Waals surface area contributed by atoms with E-state index in [2.05, 4.69) is 48.7 Å². The molecule has 3 nitrogen and oxygen atoms in total. The van der Waals surface area contributed by atoms with E-state index in [0.717, 1.165) is 17.9 Å². The summed E-state index contributed by atoms with van der Waals surface area (Å²) in [6.07, 6.45) is 0. The lowest BCUT2D eigenvalue weighted by molar-refractivity contribution is -0.114. The molecule has 110 valence electrons. The van der Waals surface area contributed by atoms with Gasteiger partial charge >= 0.3 is 0 Å². The molecule has 2 aromatic carbocycles. The molecule has 0 fully saturated rings. The molecule has 0 saturated carbocycles. The average Bonchev–Trinajstić information content (AvgIpc) is 2.48. The summed E-state index contributed by atoms with van der Waals surface area (Å²) >= 11 is 0. The second-order valence-electron chi connectivity index (χ2n) is 5.40. The van der Waals surface area contributed by atoms with Crippen LogP contribution < -0.4 is 10.6 Å². The smallest absolute Gasteiger partial charge is 0.221 e. The third kappa shape index (κ3) is 4.35. The van der Waals surface area contributed by atoms with Crippen LogP contribution in [0.25, 0.3) is 0 Å². The number of hydrogen-bond acceptors (Lipinski definition) is 2. The summed E-state index contributed by atoms with van der Waals surface area (Å²) in [7, 11) is 0. The summed E-state index contributed by atoms with van der Waals surface area (Å²) in [6, 6.07) is 16.4. The highest BCUT2D eigenvalue weighted by atomic mass is 16.1. The lowest BCUT2D eigenvalue weighted by Gasteiger charge is -2.16. The Balaban J connectivity index is 2.04. The first-order valence-corrected chi connectivity index (χ1v) is 7.23. The second kappa shape index (κ2) is 6.93. The molecule has 0 aliphatic heterocycles. The third-order valence-electron chi connectivity index (χ3n) is 3.53. The quantitative estimate of drug-likeness (QED) is 0.864. The van der Waals surface area contributed by atoms with Gasteiger partial charge in [-0.05, 0) is 36.1 Å². The van der Waals surface area contributed by atoms with Crippen LogP contribution in [0.2, 0.25) is 0 Å². The first kappa shape index (κ1) is 15.1. The molecule has 1 unspecified atom stereocenters. The van der Waals surface area contributed by atoms with Gasteiger partial charge in [0.1, 0.15) is 0 Å². The van der Waals surface area contributed by atoms with E-state index in [1.165, 1.54) is 18.1 Å². The Morgan fingerprint density at radius 2 is 1.86 bits per heavy atom. The van der Waals surface area contributed by atoms with Crippen molar-refractivity contribution in [3.63, 3.8) is 0 Å². The molecule has 0 radical (unpaired) electrons. The number of nitrogens with one attached hydrogen (secondary N) is 2. The SMILES string of the molecule is CC(=O)Nc1ccc(C)c(NCC(C)c2ccccc2)c1. The van der Waals surface area contributed by atoms with Gasteiger partial charge in [0.25, 0.3) is 0 Å². The maximum Gasteiger partial charge on any atom is 0.221 e. The molecule has 0 bridgehead atoms. The molecule has 2 rings (SSSR count). The van der Waals surface area contributed by atoms with Crippen LogP contribution in [0.15, 0.2) is 48.5 Å². The van der Waals surface area contributed by atoms with Gasteiger partial charge in [-0.2, -0.15) is 0 Å². The van der Waals surface area contributed by atoms with Crippen molar-refractivity contribution in [2.45, 2.75) is 26.7 Å². The van der Waals surface area contributed by atoms with Crippen LogP contribution in [0, 0.1) is 6.92 Å². The van der Waals surface area contributed by atoms with Crippen molar-refractivity contribution in [2.75, 3.05) is 17.2 Å². The van der Waals surface area contributed by atoms with E-state index >= 15 is 0 Å².